The van der Waals surface area contributed by atoms with Gasteiger partial charge >= 0.3 is 6.03 Å². The van der Waals surface area contributed by atoms with Crippen LogP contribution in [0.15, 0.2) is 78.2 Å². The van der Waals surface area contributed by atoms with E-state index < -0.39 is 0 Å². The van der Waals surface area contributed by atoms with E-state index in [2.05, 4.69) is 22.8 Å². The normalized spacial score (nSPS) is 12.3. The lowest BCUT2D eigenvalue weighted by Gasteiger charge is -2.19. The fourth-order valence-corrected chi connectivity index (χ4v) is 4.09. The second-order valence-electron chi connectivity index (χ2n) is 6.92. The minimum atomic E-state index is -0.329. The number of anilines is 2. The molecule has 2 heterocycles. The zero-order valence-corrected chi connectivity index (χ0v) is 17.3. The first kappa shape index (κ1) is 19.1. The van der Waals surface area contributed by atoms with Gasteiger partial charge in [0.2, 0.25) is 0 Å². The number of hydrogen-bond donors (Lipinski definition) is 2. The molecule has 0 bridgehead atoms. The Balaban J connectivity index is 1.23. The van der Waals surface area contributed by atoms with Crippen molar-refractivity contribution < 1.29 is 14.3 Å². The molecule has 0 fully saturated rings. The number of amides is 2. The van der Waals surface area contributed by atoms with Crippen LogP contribution in [0, 0.1) is 0 Å². The number of hydrogen-bond acceptors (Lipinski definition) is 5. The van der Waals surface area contributed by atoms with Gasteiger partial charge in [0.15, 0.2) is 11.5 Å². The van der Waals surface area contributed by atoms with E-state index >= 15 is 0 Å². The van der Waals surface area contributed by atoms with Crippen LogP contribution >= 0.6 is 11.3 Å². The quantitative estimate of drug-likeness (QED) is 0.424. The fourth-order valence-electron chi connectivity index (χ4n) is 3.26. The molecule has 0 saturated carbocycles. The molecule has 1 aliphatic rings. The van der Waals surface area contributed by atoms with E-state index in [1.54, 1.807) is 29.5 Å². The summed E-state index contributed by atoms with van der Waals surface area (Å²) in [4.78, 5) is 17.1. The average molecular weight is 430 g/mol. The number of rotatable bonds is 4. The van der Waals surface area contributed by atoms with Gasteiger partial charge in [-0.2, -0.15) is 0 Å². The van der Waals surface area contributed by atoms with Gasteiger partial charge in [-0.3, -0.25) is 0 Å². The maximum atomic E-state index is 12.4. The van der Waals surface area contributed by atoms with Gasteiger partial charge in [0, 0.05) is 33.9 Å². The van der Waals surface area contributed by atoms with Crippen molar-refractivity contribution in [1.82, 2.24) is 4.98 Å². The summed E-state index contributed by atoms with van der Waals surface area (Å²) >= 11 is 1.61. The standard InChI is InChI=1S/C24H19N3O3S/c28-24(26-19-10-11-21-22(14-19)30-13-12-29-21)25-18-8-6-16(7-9-18)20-15-31-23(27-20)17-4-2-1-3-5-17/h1-11,14-15H,12-13H2,(H2,25,26,28). The summed E-state index contributed by atoms with van der Waals surface area (Å²) in [5.41, 5.74) is 4.34. The Morgan fingerprint density at radius 3 is 2.32 bits per heavy atom. The summed E-state index contributed by atoms with van der Waals surface area (Å²) in [6.45, 7) is 1.03. The Kier molecular flexibility index (Phi) is 5.24. The molecule has 5 rings (SSSR count). The van der Waals surface area contributed by atoms with E-state index in [9.17, 15) is 4.79 Å². The number of benzene rings is 3. The van der Waals surface area contributed by atoms with E-state index in [-0.39, 0.29) is 6.03 Å². The molecular weight excluding hydrogens is 410 g/mol. The van der Waals surface area contributed by atoms with Crippen molar-refractivity contribution in [2.24, 2.45) is 0 Å². The van der Waals surface area contributed by atoms with Crippen LogP contribution in [-0.2, 0) is 0 Å². The third-order valence-corrected chi connectivity index (χ3v) is 5.65. The van der Waals surface area contributed by atoms with Crippen LogP contribution in [0.4, 0.5) is 16.2 Å². The highest BCUT2D eigenvalue weighted by Gasteiger charge is 2.13. The number of nitrogens with zero attached hydrogens (tertiary/aromatic N) is 1. The second kappa shape index (κ2) is 8.49. The van der Waals surface area contributed by atoms with Gasteiger partial charge in [-0.15, -0.1) is 11.3 Å². The number of fused-ring (bicyclic) bond motifs is 1. The molecule has 2 amide bonds. The summed E-state index contributed by atoms with van der Waals surface area (Å²) < 4.78 is 11.0. The first-order chi connectivity index (χ1) is 15.2. The first-order valence-corrected chi connectivity index (χ1v) is 10.7. The third-order valence-electron chi connectivity index (χ3n) is 4.76. The molecule has 0 atom stereocenters. The number of nitrogens with one attached hydrogen (secondary N) is 2. The van der Waals surface area contributed by atoms with Gasteiger partial charge in [-0.25, -0.2) is 9.78 Å². The Labute approximate surface area is 183 Å². The molecule has 2 N–H and O–H groups in total. The number of aromatic nitrogens is 1. The van der Waals surface area contributed by atoms with E-state index in [0.29, 0.717) is 36.1 Å². The number of urea groups is 1. The maximum Gasteiger partial charge on any atom is 0.323 e. The Morgan fingerprint density at radius 2 is 1.52 bits per heavy atom. The second-order valence-corrected chi connectivity index (χ2v) is 7.78. The largest absolute Gasteiger partial charge is 0.486 e. The van der Waals surface area contributed by atoms with Crippen molar-refractivity contribution in [1.29, 1.82) is 0 Å². The highest BCUT2D eigenvalue weighted by molar-refractivity contribution is 7.13. The fraction of sp³-hybridized carbons (Fsp3) is 0.0833. The summed E-state index contributed by atoms with van der Waals surface area (Å²) in [7, 11) is 0. The molecule has 0 saturated heterocycles. The third kappa shape index (κ3) is 4.36. The molecule has 6 nitrogen and oxygen atoms in total. The monoisotopic (exact) mass is 429 g/mol. The highest BCUT2D eigenvalue weighted by atomic mass is 32.1. The van der Waals surface area contributed by atoms with Gasteiger partial charge in [-0.1, -0.05) is 42.5 Å². The zero-order valence-electron chi connectivity index (χ0n) is 16.5. The predicted molar refractivity (Wildman–Crippen MR) is 123 cm³/mol. The summed E-state index contributed by atoms with van der Waals surface area (Å²) in [5, 5.41) is 8.68. The van der Waals surface area contributed by atoms with Crippen molar-refractivity contribution in [3.05, 3.63) is 78.2 Å². The van der Waals surface area contributed by atoms with Crippen LogP contribution in [-0.4, -0.2) is 24.2 Å². The smallest absolute Gasteiger partial charge is 0.323 e. The van der Waals surface area contributed by atoms with Gasteiger partial charge in [0.05, 0.1) is 5.69 Å². The van der Waals surface area contributed by atoms with E-state index in [0.717, 1.165) is 21.8 Å². The van der Waals surface area contributed by atoms with Gasteiger partial charge in [0.1, 0.15) is 18.2 Å². The molecule has 1 aliphatic heterocycles. The molecule has 4 aromatic rings. The van der Waals surface area contributed by atoms with Crippen LogP contribution in [0.25, 0.3) is 21.8 Å². The van der Waals surface area contributed by atoms with E-state index in [1.165, 1.54) is 0 Å². The molecule has 154 valence electrons. The highest BCUT2D eigenvalue weighted by Crippen LogP contribution is 2.33. The summed E-state index contributed by atoms with van der Waals surface area (Å²) in [5.74, 6) is 1.32. The lowest BCUT2D eigenvalue weighted by atomic mass is 10.1. The van der Waals surface area contributed by atoms with Crippen molar-refractivity contribution in [3.8, 4) is 33.3 Å². The average Bonchev–Trinajstić information content (AvgIpc) is 3.30. The van der Waals surface area contributed by atoms with Crippen LogP contribution in [0.5, 0.6) is 11.5 Å². The SMILES string of the molecule is O=C(Nc1ccc(-c2csc(-c3ccccc3)n2)cc1)Nc1ccc2c(c1)OCCO2. The topological polar surface area (TPSA) is 72.5 Å². The van der Waals surface area contributed by atoms with Crippen LogP contribution in [0.2, 0.25) is 0 Å². The molecule has 7 heteroatoms. The van der Waals surface area contributed by atoms with Crippen molar-refractivity contribution in [2.75, 3.05) is 23.8 Å². The predicted octanol–water partition coefficient (Wildman–Crippen LogP) is 5.89. The summed E-state index contributed by atoms with van der Waals surface area (Å²) in [6.07, 6.45) is 0. The van der Waals surface area contributed by atoms with E-state index in [4.69, 9.17) is 14.5 Å². The van der Waals surface area contributed by atoms with Crippen LogP contribution in [0.3, 0.4) is 0 Å². The minimum absolute atomic E-state index is 0.329. The minimum Gasteiger partial charge on any atom is -0.486 e. The first-order valence-electron chi connectivity index (χ1n) is 9.84. The van der Waals surface area contributed by atoms with Gasteiger partial charge in [-0.05, 0) is 24.3 Å². The number of ether oxygens (including phenoxy) is 2. The number of carbonyl (C=O) groups is 1. The zero-order chi connectivity index (χ0) is 21.0. The molecular formula is C24H19N3O3S. The molecule has 3 aromatic carbocycles. The molecule has 0 radical (unpaired) electrons. The van der Waals surface area contributed by atoms with E-state index in [1.807, 2.05) is 47.8 Å². The maximum absolute atomic E-state index is 12.4. The van der Waals surface area contributed by atoms with Crippen molar-refractivity contribution >= 4 is 28.7 Å². The van der Waals surface area contributed by atoms with Gasteiger partial charge < -0.3 is 20.1 Å². The number of thiazole rings is 1. The Morgan fingerprint density at radius 1 is 0.806 bits per heavy atom. The van der Waals surface area contributed by atoms with Crippen molar-refractivity contribution in [3.63, 3.8) is 0 Å². The number of carbonyl (C=O) groups excluding carboxylic acids is 1. The Hall–Kier alpha value is -3.84. The lowest BCUT2D eigenvalue weighted by molar-refractivity contribution is 0.171. The molecule has 0 spiro atoms. The molecule has 1 aromatic heterocycles. The molecule has 0 aliphatic carbocycles. The Bertz CT molecular complexity index is 1210. The molecule has 31 heavy (non-hydrogen) atoms. The molecule has 0 unspecified atom stereocenters. The van der Waals surface area contributed by atoms with Crippen LogP contribution < -0.4 is 20.1 Å². The van der Waals surface area contributed by atoms with Crippen molar-refractivity contribution in [2.45, 2.75) is 0 Å². The van der Waals surface area contributed by atoms with Crippen LogP contribution in [0.1, 0.15) is 0 Å². The lowest BCUT2D eigenvalue weighted by Crippen LogP contribution is -2.20. The van der Waals surface area contributed by atoms with Gasteiger partial charge in [0.25, 0.3) is 0 Å². The summed E-state index contributed by atoms with van der Waals surface area (Å²) in [6, 6.07) is 22.7.